The van der Waals surface area contributed by atoms with E-state index in [-0.39, 0.29) is 11.9 Å². The maximum absolute atomic E-state index is 13.2. The summed E-state index contributed by atoms with van der Waals surface area (Å²) in [4.78, 5) is 15.1. The van der Waals surface area contributed by atoms with Gasteiger partial charge in [-0.05, 0) is 11.6 Å². The molecule has 7 heteroatoms. The van der Waals surface area contributed by atoms with E-state index in [0.29, 0.717) is 30.4 Å². The fourth-order valence-corrected chi connectivity index (χ4v) is 3.77. The average Bonchev–Trinajstić information content (AvgIpc) is 3.06. The number of aromatic nitrogens is 2. The first-order valence-electron chi connectivity index (χ1n) is 8.28. The molecular weight excluding hydrogens is 326 g/mol. The number of carbonyl (C=O) groups excluding carboxylic acids is 1. The number of halogens is 1. The molecule has 1 amide bonds. The lowest BCUT2D eigenvalue weighted by atomic mass is 10.0. The molecule has 1 atom stereocenters. The Hall–Kier alpha value is -1.89. The summed E-state index contributed by atoms with van der Waals surface area (Å²) in [6.45, 7) is 3.72. The quantitative estimate of drug-likeness (QED) is 0.771. The van der Waals surface area contributed by atoms with E-state index in [2.05, 4.69) is 20.8 Å². The largest absolute Gasteiger partial charge is 0.328 e. The van der Waals surface area contributed by atoms with E-state index in [0.717, 1.165) is 36.3 Å². The third-order valence-corrected chi connectivity index (χ3v) is 5.12. The van der Waals surface area contributed by atoms with Crippen LogP contribution in [0.4, 0.5) is 0 Å². The zero-order valence-electron chi connectivity index (χ0n) is 13.3. The topological polar surface area (TPSA) is 73.0 Å². The molecule has 0 radical (unpaired) electrons. The zero-order valence-corrected chi connectivity index (χ0v) is 14.1. The minimum Gasteiger partial charge on any atom is -0.328 e. The molecule has 24 heavy (non-hydrogen) atoms. The lowest BCUT2D eigenvalue weighted by molar-refractivity contribution is 0.0627. The highest BCUT2D eigenvalue weighted by molar-refractivity contribution is 6.31. The molecule has 1 unspecified atom stereocenters. The Balaban J connectivity index is 1.67. The number of H-pyrrole nitrogens is 1. The number of fused-ring (bicyclic) bond motifs is 1. The number of hydrogen-bond donors (Lipinski definition) is 3. The summed E-state index contributed by atoms with van der Waals surface area (Å²) in [5.74, 6) is -0.0254. The summed E-state index contributed by atoms with van der Waals surface area (Å²) in [7, 11) is 0. The molecule has 0 saturated carbocycles. The third kappa shape index (κ3) is 2.70. The molecule has 6 nitrogen and oxygen atoms in total. The van der Waals surface area contributed by atoms with Gasteiger partial charge in [0.25, 0.3) is 5.91 Å². The summed E-state index contributed by atoms with van der Waals surface area (Å²) in [5.41, 5.74) is 3.59. The maximum Gasteiger partial charge on any atom is 0.275 e. The number of hydrogen-bond acceptors (Lipinski definition) is 4. The van der Waals surface area contributed by atoms with Crippen LogP contribution in [0.25, 0.3) is 0 Å². The van der Waals surface area contributed by atoms with Crippen LogP contribution in [0, 0.1) is 0 Å². The van der Waals surface area contributed by atoms with Gasteiger partial charge in [-0.2, -0.15) is 5.10 Å². The normalized spacial score (nSPS) is 20.7. The van der Waals surface area contributed by atoms with Gasteiger partial charge in [0.2, 0.25) is 0 Å². The van der Waals surface area contributed by atoms with Gasteiger partial charge in [-0.1, -0.05) is 29.8 Å². The Labute approximate surface area is 145 Å². The molecule has 0 spiro atoms. The van der Waals surface area contributed by atoms with E-state index < -0.39 is 0 Å². The van der Waals surface area contributed by atoms with E-state index in [9.17, 15) is 4.79 Å². The summed E-state index contributed by atoms with van der Waals surface area (Å²) in [6.07, 6.45) is 0.880. The van der Waals surface area contributed by atoms with Crippen molar-refractivity contribution in [3.05, 3.63) is 51.8 Å². The van der Waals surface area contributed by atoms with Gasteiger partial charge in [0.05, 0.1) is 6.04 Å². The number of amides is 1. The van der Waals surface area contributed by atoms with E-state index in [4.69, 9.17) is 11.6 Å². The Morgan fingerprint density at radius 2 is 2.12 bits per heavy atom. The molecule has 2 aliphatic rings. The minimum atomic E-state index is -0.0798. The van der Waals surface area contributed by atoms with Crippen molar-refractivity contribution in [1.82, 2.24) is 25.7 Å². The molecule has 1 fully saturated rings. The molecule has 4 rings (SSSR count). The molecule has 3 heterocycles. The average molecular weight is 346 g/mol. The van der Waals surface area contributed by atoms with Crippen molar-refractivity contribution in [3.63, 3.8) is 0 Å². The number of aromatic amines is 1. The minimum absolute atomic E-state index is 0.0254. The lowest BCUT2D eigenvalue weighted by Crippen LogP contribution is -2.49. The summed E-state index contributed by atoms with van der Waals surface area (Å²) < 4.78 is 0. The van der Waals surface area contributed by atoms with Crippen LogP contribution in [0.3, 0.4) is 0 Å². The number of nitrogens with zero attached hydrogens (tertiary/aromatic N) is 2. The van der Waals surface area contributed by atoms with Crippen LogP contribution in [0.15, 0.2) is 24.3 Å². The summed E-state index contributed by atoms with van der Waals surface area (Å²) in [5, 5.41) is 14.7. The van der Waals surface area contributed by atoms with Crippen molar-refractivity contribution in [2.24, 2.45) is 0 Å². The molecule has 0 bridgehead atoms. The number of benzene rings is 1. The van der Waals surface area contributed by atoms with Crippen LogP contribution in [0.1, 0.15) is 33.4 Å². The summed E-state index contributed by atoms with van der Waals surface area (Å²) >= 11 is 6.37. The molecule has 2 aliphatic heterocycles. The Kier molecular flexibility index (Phi) is 4.26. The Bertz CT molecular complexity index is 759. The zero-order chi connectivity index (χ0) is 16.5. The Morgan fingerprint density at radius 3 is 3.00 bits per heavy atom. The van der Waals surface area contributed by atoms with E-state index in [1.165, 1.54) is 0 Å². The summed E-state index contributed by atoms with van der Waals surface area (Å²) in [6, 6.07) is 7.64. The highest BCUT2D eigenvalue weighted by atomic mass is 35.5. The van der Waals surface area contributed by atoms with Gasteiger partial charge in [0, 0.05) is 55.4 Å². The van der Waals surface area contributed by atoms with E-state index in [1.54, 1.807) is 0 Å². The first kappa shape index (κ1) is 15.6. The maximum atomic E-state index is 13.2. The van der Waals surface area contributed by atoms with Crippen molar-refractivity contribution in [3.8, 4) is 0 Å². The van der Waals surface area contributed by atoms with Crippen molar-refractivity contribution >= 4 is 17.5 Å². The fraction of sp³-hybridized carbons (Fsp3) is 0.412. The van der Waals surface area contributed by atoms with Gasteiger partial charge >= 0.3 is 0 Å². The van der Waals surface area contributed by atoms with E-state index >= 15 is 0 Å². The molecular formula is C17H20ClN5O. The standard InChI is InChI=1S/C17H20ClN5O/c18-13-4-2-1-3-11(13)15-10-20-7-8-23(15)17(24)16-12-9-19-6-5-14(12)21-22-16/h1-4,15,19-20H,5-10H2,(H,21,22). The van der Waals surface area contributed by atoms with Crippen LogP contribution in [-0.2, 0) is 13.0 Å². The molecule has 0 aliphatic carbocycles. The predicted molar refractivity (Wildman–Crippen MR) is 92.1 cm³/mol. The van der Waals surface area contributed by atoms with Crippen LogP contribution in [0.2, 0.25) is 5.02 Å². The van der Waals surface area contributed by atoms with Crippen molar-refractivity contribution in [2.75, 3.05) is 26.2 Å². The second kappa shape index (κ2) is 6.55. The highest BCUT2D eigenvalue weighted by Gasteiger charge is 2.33. The van der Waals surface area contributed by atoms with Crippen molar-refractivity contribution < 1.29 is 4.79 Å². The second-order valence-electron chi connectivity index (χ2n) is 6.20. The van der Waals surface area contributed by atoms with Gasteiger partial charge < -0.3 is 15.5 Å². The van der Waals surface area contributed by atoms with E-state index in [1.807, 2.05) is 29.2 Å². The Morgan fingerprint density at radius 1 is 1.25 bits per heavy atom. The monoisotopic (exact) mass is 345 g/mol. The van der Waals surface area contributed by atoms with Gasteiger partial charge in [0.1, 0.15) is 0 Å². The lowest BCUT2D eigenvalue weighted by Gasteiger charge is -2.36. The number of rotatable bonds is 2. The number of piperazine rings is 1. The van der Waals surface area contributed by atoms with Crippen molar-refractivity contribution in [2.45, 2.75) is 19.0 Å². The van der Waals surface area contributed by atoms with Gasteiger partial charge in [0.15, 0.2) is 5.69 Å². The van der Waals surface area contributed by atoms with Crippen LogP contribution in [-0.4, -0.2) is 47.2 Å². The van der Waals surface area contributed by atoms with Crippen molar-refractivity contribution in [1.29, 1.82) is 0 Å². The first-order valence-corrected chi connectivity index (χ1v) is 8.66. The third-order valence-electron chi connectivity index (χ3n) is 4.78. The first-order chi connectivity index (χ1) is 11.8. The number of carbonyl (C=O) groups is 1. The van der Waals surface area contributed by atoms with Gasteiger partial charge in [-0.3, -0.25) is 9.89 Å². The van der Waals surface area contributed by atoms with Crippen LogP contribution >= 0.6 is 11.6 Å². The van der Waals surface area contributed by atoms with Gasteiger partial charge in [-0.15, -0.1) is 0 Å². The van der Waals surface area contributed by atoms with Gasteiger partial charge in [-0.25, -0.2) is 0 Å². The predicted octanol–water partition coefficient (Wildman–Crippen LogP) is 1.50. The molecule has 1 saturated heterocycles. The molecule has 1 aromatic carbocycles. The fourth-order valence-electron chi connectivity index (χ4n) is 3.51. The van der Waals surface area contributed by atoms with Crippen LogP contribution in [0.5, 0.6) is 0 Å². The smallest absolute Gasteiger partial charge is 0.275 e. The molecule has 1 aromatic heterocycles. The highest BCUT2D eigenvalue weighted by Crippen LogP contribution is 2.30. The van der Waals surface area contributed by atoms with Crippen LogP contribution < -0.4 is 10.6 Å². The molecule has 2 aromatic rings. The molecule has 126 valence electrons. The SMILES string of the molecule is O=C(c1n[nH]c2c1CNCC2)N1CCNCC1c1ccccc1Cl. The molecule has 3 N–H and O–H groups in total. The second-order valence-corrected chi connectivity index (χ2v) is 6.60. The number of nitrogens with one attached hydrogen (secondary N) is 3.